The summed E-state index contributed by atoms with van der Waals surface area (Å²) in [7, 11) is 11.1. The molecule has 0 bridgehead atoms. The molecule has 0 aromatic heterocycles. The highest BCUT2D eigenvalue weighted by Crippen LogP contribution is 2.25. The van der Waals surface area contributed by atoms with Crippen molar-refractivity contribution in [3.05, 3.63) is 0 Å². The van der Waals surface area contributed by atoms with E-state index < -0.39 is 0 Å². The number of carbonyl (C=O) groups excluding carboxylic acids is 4. The molecule has 2 amide bonds. The number of Topliss-reactive ketones (excluding diaryl/α,β-unsaturated/α-hetero) is 2. The first-order valence-corrected chi connectivity index (χ1v) is 12.3. The fourth-order valence-electron chi connectivity index (χ4n) is 4.42. The van der Waals surface area contributed by atoms with Crippen LogP contribution in [0.5, 0.6) is 0 Å². The van der Waals surface area contributed by atoms with Crippen molar-refractivity contribution < 1.29 is 19.2 Å². The molecule has 0 saturated heterocycles. The van der Waals surface area contributed by atoms with Crippen LogP contribution in [0.2, 0.25) is 0 Å². The van der Waals surface area contributed by atoms with Gasteiger partial charge in [-0.25, -0.2) is 0 Å². The zero-order chi connectivity index (χ0) is 26.8. The minimum absolute atomic E-state index is 0.0199. The van der Waals surface area contributed by atoms with Crippen LogP contribution in [0.25, 0.3) is 0 Å². The van der Waals surface area contributed by atoms with E-state index in [1.807, 2.05) is 38.0 Å². The van der Waals surface area contributed by atoms with Crippen LogP contribution in [0.1, 0.15) is 73.1 Å². The predicted octanol–water partition coefficient (Wildman–Crippen LogP) is 2.70. The topological polar surface area (TPSA) is 81.2 Å². The molecular weight excluding hydrogens is 432 g/mol. The second-order valence-corrected chi connectivity index (χ2v) is 11.1. The van der Waals surface area contributed by atoms with Gasteiger partial charge in [-0.2, -0.15) is 0 Å². The summed E-state index contributed by atoms with van der Waals surface area (Å²) in [6.07, 6.45) is 3.32. The lowest BCUT2D eigenvalue weighted by atomic mass is 9.85. The fraction of sp³-hybridized carbons (Fsp3) is 0.846. The molecule has 0 heterocycles. The van der Waals surface area contributed by atoms with Gasteiger partial charge in [-0.1, -0.05) is 20.8 Å². The molecule has 0 rings (SSSR count). The van der Waals surface area contributed by atoms with Crippen LogP contribution in [0.15, 0.2) is 0 Å². The van der Waals surface area contributed by atoms with Gasteiger partial charge in [0.05, 0.1) is 18.1 Å². The number of hydrogen-bond acceptors (Lipinski definition) is 6. The Morgan fingerprint density at radius 1 is 0.676 bits per heavy atom. The molecule has 0 spiro atoms. The van der Waals surface area contributed by atoms with Crippen LogP contribution in [-0.2, 0) is 19.2 Å². The van der Waals surface area contributed by atoms with E-state index in [-0.39, 0.29) is 46.9 Å². The molecule has 0 saturated carbocycles. The molecule has 0 fully saturated rings. The summed E-state index contributed by atoms with van der Waals surface area (Å²) >= 11 is 0. The summed E-state index contributed by atoms with van der Waals surface area (Å²) < 4.78 is 0. The van der Waals surface area contributed by atoms with Gasteiger partial charge in [0.1, 0.15) is 11.6 Å². The molecule has 8 heteroatoms. The molecule has 34 heavy (non-hydrogen) atoms. The average Bonchev–Trinajstić information content (AvgIpc) is 2.69. The molecule has 198 valence electrons. The Labute approximate surface area is 208 Å². The molecule has 0 aromatic rings. The van der Waals surface area contributed by atoms with E-state index in [9.17, 15) is 19.2 Å². The van der Waals surface area contributed by atoms with Crippen molar-refractivity contribution >= 4 is 23.4 Å². The zero-order valence-corrected chi connectivity index (χ0v) is 23.6. The number of likely N-dealkylation sites (N-methyl/N-ethyl adjacent to an activating group) is 4. The molecule has 0 aliphatic heterocycles. The van der Waals surface area contributed by atoms with Crippen molar-refractivity contribution in [1.29, 1.82) is 0 Å². The maximum atomic E-state index is 13.0. The molecular formula is C26H50N4O4. The zero-order valence-electron chi connectivity index (χ0n) is 23.6. The summed E-state index contributed by atoms with van der Waals surface area (Å²) in [6.45, 7) is 9.84. The summed E-state index contributed by atoms with van der Waals surface area (Å²) in [5, 5.41) is 0. The first kappa shape index (κ1) is 32.2. The maximum Gasteiger partial charge on any atom is 0.222 e. The smallest absolute Gasteiger partial charge is 0.222 e. The molecule has 3 unspecified atom stereocenters. The van der Waals surface area contributed by atoms with E-state index in [2.05, 4.69) is 20.8 Å². The first-order chi connectivity index (χ1) is 15.5. The Morgan fingerprint density at radius 3 is 1.38 bits per heavy atom. The van der Waals surface area contributed by atoms with Crippen LogP contribution < -0.4 is 0 Å². The normalized spacial score (nSPS) is 14.6. The molecule has 8 nitrogen and oxygen atoms in total. The van der Waals surface area contributed by atoms with Gasteiger partial charge in [0, 0.05) is 33.5 Å². The highest BCUT2D eigenvalue weighted by Gasteiger charge is 2.33. The molecule has 0 N–H and O–H groups in total. The molecule has 3 atom stereocenters. The SMILES string of the molecule is CC(=O)C(CCCC(=O)N(C)CC(N(C)C(=O)CCCC(C(C)=O)N(C)C)C(C)(C)C)N(C)C. The number of ketones is 2. The van der Waals surface area contributed by atoms with Gasteiger partial charge >= 0.3 is 0 Å². The standard InChI is InChI=1S/C26H50N4O4/c1-19(31)21(27(6)7)14-12-16-24(33)29(10)18-23(26(3,4)5)30(11)25(34)17-13-15-22(20(2)32)28(8)9/h21-23H,12-18H2,1-11H3. The lowest BCUT2D eigenvalue weighted by molar-refractivity contribution is -0.138. The Hall–Kier alpha value is -1.80. The number of nitrogens with zero attached hydrogens (tertiary/aromatic N) is 4. The number of hydrogen-bond donors (Lipinski definition) is 0. The van der Waals surface area contributed by atoms with E-state index in [0.29, 0.717) is 45.1 Å². The number of rotatable bonds is 15. The number of amides is 2. The molecule has 0 aromatic carbocycles. The van der Waals surface area contributed by atoms with Crippen molar-refractivity contribution in [1.82, 2.24) is 19.6 Å². The Morgan fingerprint density at radius 2 is 1.06 bits per heavy atom. The van der Waals surface area contributed by atoms with Crippen LogP contribution in [-0.4, -0.2) is 110 Å². The third-order valence-corrected chi connectivity index (χ3v) is 6.65. The van der Waals surface area contributed by atoms with Gasteiger partial charge in [-0.15, -0.1) is 0 Å². The van der Waals surface area contributed by atoms with Gasteiger partial charge in [0.15, 0.2) is 0 Å². The van der Waals surface area contributed by atoms with E-state index in [1.165, 1.54) is 0 Å². The monoisotopic (exact) mass is 482 g/mol. The summed E-state index contributed by atoms with van der Waals surface area (Å²) in [5.41, 5.74) is -0.213. The summed E-state index contributed by atoms with van der Waals surface area (Å²) in [4.78, 5) is 56.6. The van der Waals surface area contributed by atoms with Crippen LogP contribution >= 0.6 is 0 Å². The largest absolute Gasteiger partial charge is 0.344 e. The first-order valence-electron chi connectivity index (χ1n) is 12.3. The molecule has 0 radical (unpaired) electrons. The van der Waals surface area contributed by atoms with Crippen LogP contribution in [0.3, 0.4) is 0 Å². The second-order valence-electron chi connectivity index (χ2n) is 11.1. The Bertz CT molecular complexity index is 685. The maximum absolute atomic E-state index is 13.0. The Balaban J connectivity index is 4.99. The van der Waals surface area contributed by atoms with E-state index in [4.69, 9.17) is 0 Å². The Kier molecular flexibility index (Phi) is 13.8. The van der Waals surface area contributed by atoms with Crippen molar-refractivity contribution in [3.8, 4) is 0 Å². The lowest BCUT2D eigenvalue weighted by Crippen LogP contribution is -2.51. The van der Waals surface area contributed by atoms with Gasteiger partial charge in [-0.3, -0.25) is 29.0 Å². The highest BCUT2D eigenvalue weighted by molar-refractivity contribution is 5.82. The summed E-state index contributed by atoms with van der Waals surface area (Å²) in [5.74, 6) is 0.265. The summed E-state index contributed by atoms with van der Waals surface area (Å²) in [6, 6.07) is -0.479. The highest BCUT2D eigenvalue weighted by atomic mass is 16.2. The van der Waals surface area contributed by atoms with Crippen molar-refractivity contribution in [2.45, 2.75) is 91.3 Å². The van der Waals surface area contributed by atoms with Gasteiger partial charge in [0.2, 0.25) is 11.8 Å². The molecule has 0 aliphatic carbocycles. The quantitative estimate of drug-likeness (QED) is 0.357. The van der Waals surface area contributed by atoms with Crippen LogP contribution in [0, 0.1) is 5.41 Å². The third-order valence-electron chi connectivity index (χ3n) is 6.65. The predicted molar refractivity (Wildman–Crippen MR) is 138 cm³/mol. The van der Waals surface area contributed by atoms with E-state index >= 15 is 0 Å². The van der Waals surface area contributed by atoms with Crippen molar-refractivity contribution in [2.24, 2.45) is 5.41 Å². The fourth-order valence-corrected chi connectivity index (χ4v) is 4.42. The van der Waals surface area contributed by atoms with Crippen molar-refractivity contribution in [3.63, 3.8) is 0 Å². The minimum Gasteiger partial charge on any atom is -0.344 e. The number of carbonyl (C=O) groups is 4. The van der Waals surface area contributed by atoms with Gasteiger partial charge < -0.3 is 9.80 Å². The van der Waals surface area contributed by atoms with Crippen LogP contribution in [0.4, 0.5) is 0 Å². The van der Waals surface area contributed by atoms with Crippen molar-refractivity contribution in [2.75, 3.05) is 48.8 Å². The second kappa shape index (κ2) is 14.6. The minimum atomic E-state index is -0.213. The third kappa shape index (κ3) is 11.1. The van der Waals surface area contributed by atoms with E-state index in [1.54, 1.807) is 37.7 Å². The average molecular weight is 483 g/mol. The lowest BCUT2D eigenvalue weighted by Gasteiger charge is -2.40. The van der Waals surface area contributed by atoms with E-state index in [0.717, 1.165) is 0 Å². The van der Waals surface area contributed by atoms with Gasteiger partial charge in [0.25, 0.3) is 0 Å². The van der Waals surface area contributed by atoms with Gasteiger partial charge in [-0.05, 0) is 73.1 Å². The molecule has 0 aliphatic rings.